The maximum atomic E-state index is 6.16. The van der Waals surface area contributed by atoms with Gasteiger partial charge in [-0.25, -0.2) is 0 Å². The molecule has 0 aliphatic heterocycles. The Morgan fingerprint density at radius 3 is 2.26 bits per heavy atom. The van der Waals surface area contributed by atoms with Gasteiger partial charge >= 0.3 is 8.56 Å². The van der Waals surface area contributed by atoms with Crippen molar-refractivity contribution in [2.45, 2.75) is 76.3 Å². The minimum atomic E-state index is -2.03. The average molecular weight is 285 g/mol. The molecule has 0 amide bonds. The van der Waals surface area contributed by atoms with Crippen LogP contribution in [0.1, 0.15) is 65.2 Å². The topological polar surface area (TPSA) is 18.5 Å². The molecule has 1 unspecified atom stereocenters. The van der Waals surface area contributed by atoms with Gasteiger partial charge in [-0.05, 0) is 37.1 Å². The second-order valence-corrected chi connectivity index (χ2v) is 10.8. The lowest BCUT2D eigenvalue weighted by Gasteiger charge is -2.44. The summed E-state index contributed by atoms with van der Waals surface area (Å²) >= 11 is 0. The molecule has 0 saturated heterocycles. The number of unbranched alkanes of at least 4 members (excludes halogenated alkanes) is 1. The van der Waals surface area contributed by atoms with Gasteiger partial charge in [0, 0.05) is 19.3 Å². The van der Waals surface area contributed by atoms with Gasteiger partial charge in [0.2, 0.25) is 0 Å². The molecule has 1 atom stereocenters. The summed E-state index contributed by atoms with van der Waals surface area (Å²) in [5.41, 5.74) is 0. The fourth-order valence-electron chi connectivity index (χ4n) is 4.74. The van der Waals surface area contributed by atoms with Gasteiger partial charge in [-0.3, -0.25) is 0 Å². The maximum absolute atomic E-state index is 6.16. The van der Waals surface area contributed by atoms with E-state index in [1.807, 2.05) is 14.2 Å². The molecule has 0 aromatic rings. The molecule has 0 aromatic heterocycles. The van der Waals surface area contributed by atoms with E-state index in [0.717, 1.165) is 11.8 Å². The molecule has 19 heavy (non-hydrogen) atoms. The van der Waals surface area contributed by atoms with Crippen molar-refractivity contribution in [3.8, 4) is 0 Å². The van der Waals surface area contributed by atoms with Crippen LogP contribution in [0.15, 0.2) is 0 Å². The first-order chi connectivity index (χ1) is 9.11. The van der Waals surface area contributed by atoms with E-state index in [-0.39, 0.29) is 0 Å². The average Bonchev–Trinajstić information content (AvgIpc) is 3.04. The van der Waals surface area contributed by atoms with Crippen LogP contribution >= 0.6 is 0 Å². The van der Waals surface area contributed by atoms with Gasteiger partial charge in [0.25, 0.3) is 0 Å². The van der Waals surface area contributed by atoms with Crippen LogP contribution in [-0.4, -0.2) is 22.8 Å². The van der Waals surface area contributed by atoms with E-state index in [4.69, 9.17) is 8.85 Å². The summed E-state index contributed by atoms with van der Waals surface area (Å²) in [7, 11) is 1.81. The third-order valence-electron chi connectivity index (χ3n) is 5.88. The van der Waals surface area contributed by atoms with Crippen molar-refractivity contribution in [1.29, 1.82) is 0 Å². The van der Waals surface area contributed by atoms with Gasteiger partial charge < -0.3 is 8.85 Å². The van der Waals surface area contributed by atoms with Crippen LogP contribution < -0.4 is 0 Å². The van der Waals surface area contributed by atoms with Crippen molar-refractivity contribution in [1.82, 2.24) is 0 Å². The summed E-state index contributed by atoms with van der Waals surface area (Å²) < 4.78 is 12.3. The first kappa shape index (κ1) is 15.5. The fourth-order valence-corrected chi connectivity index (χ4v) is 9.31. The molecule has 0 N–H and O–H groups in total. The van der Waals surface area contributed by atoms with Crippen molar-refractivity contribution in [3.63, 3.8) is 0 Å². The number of hydrogen-bond donors (Lipinski definition) is 0. The molecule has 2 rings (SSSR count). The zero-order valence-corrected chi connectivity index (χ0v) is 14.3. The molecule has 2 bridgehead atoms. The first-order valence-electron chi connectivity index (χ1n) is 8.21. The molecule has 3 heteroatoms. The van der Waals surface area contributed by atoms with Crippen LogP contribution in [0.25, 0.3) is 0 Å². The minimum Gasteiger partial charge on any atom is -0.397 e. The molecule has 2 aliphatic rings. The lowest BCUT2D eigenvalue weighted by atomic mass is 10.0. The van der Waals surface area contributed by atoms with Crippen LogP contribution in [0.3, 0.4) is 0 Å². The molecule has 0 heterocycles. The normalized spacial score (nSPS) is 31.9. The van der Waals surface area contributed by atoms with E-state index >= 15 is 0 Å². The van der Waals surface area contributed by atoms with Crippen molar-refractivity contribution in [2.24, 2.45) is 11.8 Å². The van der Waals surface area contributed by atoms with Crippen molar-refractivity contribution in [3.05, 3.63) is 0 Å². The molecule has 0 aromatic carbocycles. The maximum Gasteiger partial charge on any atom is 0.344 e. The van der Waals surface area contributed by atoms with Crippen molar-refractivity contribution < 1.29 is 8.85 Å². The highest BCUT2D eigenvalue weighted by molar-refractivity contribution is 6.71. The third kappa shape index (κ3) is 2.79. The number of fused-ring (bicyclic) bond motifs is 2. The minimum absolute atomic E-state index is 0.446. The third-order valence-corrected chi connectivity index (χ3v) is 10.8. The summed E-state index contributed by atoms with van der Waals surface area (Å²) in [5.74, 6) is 1.73. The van der Waals surface area contributed by atoms with E-state index in [9.17, 15) is 0 Å². The molecule has 2 fully saturated rings. The van der Waals surface area contributed by atoms with Gasteiger partial charge in [0.1, 0.15) is 0 Å². The summed E-state index contributed by atoms with van der Waals surface area (Å²) in [6, 6.07) is 1.20. The Morgan fingerprint density at radius 2 is 1.84 bits per heavy atom. The number of hydrogen-bond acceptors (Lipinski definition) is 2. The molecular formula is C16H32O2Si. The second kappa shape index (κ2) is 6.27. The van der Waals surface area contributed by atoms with Gasteiger partial charge in [-0.1, -0.05) is 46.0 Å². The molecule has 2 saturated carbocycles. The van der Waals surface area contributed by atoms with E-state index in [0.29, 0.717) is 5.04 Å². The lowest BCUT2D eigenvalue weighted by molar-refractivity contribution is 0.193. The van der Waals surface area contributed by atoms with Crippen molar-refractivity contribution in [2.75, 3.05) is 14.2 Å². The molecule has 0 radical (unpaired) electrons. The summed E-state index contributed by atoms with van der Waals surface area (Å²) in [6.45, 7) is 4.68. The summed E-state index contributed by atoms with van der Waals surface area (Å²) in [5, 5.41) is 0.446. The highest BCUT2D eigenvalue weighted by Gasteiger charge is 2.62. The van der Waals surface area contributed by atoms with Crippen LogP contribution in [-0.2, 0) is 8.85 Å². The van der Waals surface area contributed by atoms with E-state index < -0.39 is 8.56 Å². The Hall–Kier alpha value is 0.137. The smallest absolute Gasteiger partial charge is 0.344 e. The van der Waals surface area contributed by atoms with Crippen LogP contribution in [0.4, 0.5) is 0 Å². The highest BCUT2D eigenvalue weighted by atomic mass is 28.4. The molecule has 2 nitrogen and oxygen atoms in total. The largest absolute Gasteiger partial charge is 0.397 e. The monoisotopic (exact) mass is 284 g/mol. The highest BCUT2D eigenvalue weighted by Crippen LogP contribution is 2.65. The summed E-state index contributed by atoms with van der Waals surface area (Å²) in [4.78, 5) is 0. The van der Waals surface area contributed by atoms with Crippen LogP contribution in [0.5, 0.6) is 0 Å². The quantitative estimate of drug-likeness (QED) is 0.591. The lowest BCUT2D eigenvalue weighted by Crippen LogP contribution is -2.52. The van der Waals surface area contributed by atoms with E-state index in [1.54, 1.807) is 0 Å². The molecule has 112 valence electrons. The van der Waals surface area contributed by atoms with E-state index in [1.165, 1.54) is 57.4 Å². The Morgan fingerprint density at radius 1 is 1.21 bits per heavy atom. The summed E-state index contributed by atoms with van der Waals surface area (Å²) in [6.07, 6.45) is 10.9. The Labute approximate surface area is 120 Å². The Bertz CT molecular complexity index is 280. The Balaban J connectivity index is 2.08. The standard InChI is InChI=1S/C16H32O2Si/c1-5-6-7-14(2)13-19(17-3,18-4)16-10-8-15(12-16)9-11-16/h14-15H,5-13H2,1-4H3. The zero-order valence-electron chi connectivity index (χ0n) is 13.3. The predicted molar refractivity (Wildman–Crippen MR) is 82.5 cm³/mol. The van der Waals surface area contributed by atoms with Crippen LogP contribution in [0, 0.1) is 11.8 Å². The van der Waals surface area contributed by atoms with Gasteiger partial charge in [0.15, 0.2) is 0 Å². The fraction of sp³-hybridized carbons (Fsp3) is 1.00. The van der Waals surface area contributed by atoms with Gasteiger partial charge in [0.05, 0.1) is 0 Å². The van der Waals surface area contributed by atoms with E-state index in [2.05, 4.69) is 13.8 Å². The predicted octanol–water partition coefficient (Wildman–Crippen LogP) is 4.88. The second-order valence-electron chi connectivity index (χ2n) is 7.04. The molecular weight excluding hydrogens is 252 g/mol. The number of rotatable bonds is 8. The van der Waals surface area contributed by atoms with Gasteiger partial charge in [-0.15, -0.1) is 0 Å². The van der Waals surface area contributed by atoms with Crippen LogP contribution in [0.2, 0.25) is 11.1 Å². The molecule has 0 spiro atoms. The first-order valence-corrected chi connectivity index (χ1v) is 10.2. The zero-order chi connectivity index (χ0) is 13.9. The Kier molecular flexibility index (Phi) is 5.13. The SMILES string of the molecule is CCCCC(C)C[Si](OC)(OC)C12CCC(CC1)C2. The van der Waals surface area contributed by atoms with Crippen molar-refractivity contribution >= 4 is 8.56 Å². The molecule has 2 aliphatic carbocycles. The van der Waals surface area contributed by atoms with Gasteiger partial charge in [-0.2, -0.15) is 0 Å².